The lowest BCUT2D eigenvalue weighted by atomic mass is 9.94. The Kier molecular flexibility index (Phi) is 5.53. The van der Waals surface area contributed by atoms with E-state index in [0.717, 1.165) is 28.0 Å². The summed E-state index contributed by atoms with van der Waals surface area (Å²) in [6.07, 6.45) is -0.325. The molecule has 1 heterocycles. The number of rotatable bonds is 5. The van der Waals surface area contributed by atoms with Gasteiger partial charge in [0.1, 0.15) is 35.1 Å². The Morgan fingerprint density at radius 1 is 0.967 bits per heavy atom. The zero-order valence-electron chi connectivity index (χ0n) is 17.2. The predicted molar refractivity (Wildman–Crippen MR) is 114 cm³/mol. The van der Waals surface area contributed by atoms with Crippen LogP contribution in [0.1, 0.15) is 36.6 Å². The van der Waals surface area contributed by atoms with Crippen LogP contribution in [0.25, 0.3) is 11.1 Å². The number of ether oxygens (including phenoxy) is 2. The lowest BCUT2D eigenvalue weighted by molar-refractivity contribution is 0.212. The molecule has 0 aromatic heterocycles. The average molecular weight is 407 g/mol. The Bertz CT molecular complexity index is 1070. The van der Waals surface area contributed by atoms with E-state index in [4.69, 9.17) is 9.47 Å². The first-order valence-corrected chi connectivity index (χ1v) is 10.0. The van der Waals surface area contributed by atoms with E-state index in [1.807, 2.05) is 57.2 Å². The molecular formula is C25H23F2NO2. The van der Waals surface area contributed by atoms with Crippen LogP contribution in [0, 0.1) is 18.6 Å². The van der Waals surface area contributed by atoms with Gasteiger partial charge < -0.3 is 9.47 Å². The molecule has 1 aliphatic rings. The fourth-order valence-electron chi connectivity index (χ4n) is 3.75. The summed E-state index contributed by atoms with van der Waals surface area (Å²) < 4.78 is 39.5. The van der Waals surface area contributed by atoms with E-state index >= 15 is 0 Å². The molecule has 0 bridgehead atoms. The van der Waals surface area contributed by atoms with Gasteiger partial charge in [0.2, 0.25) is 5.90 Å². The molecule has 2 atom stereocenters. The summed E-state index contributed by atoms with van der Waals surface area (Å²) in [5, 5.41) is 0. The zero-order valence-corrected chi connectivity index (χ0v) is 17.2. The summed E-state index contributed by atoms with van der Waals surface area (Å²) in [5.74, 6) is -0.500. The van der Waals surface area contributed by atoms with Gasteiger partial charge >= 0.3 is 0 Å². The molecule has 0 radical (unpaired) electrons. The van der Waals surface area contributed by atoms with Gasteiger partial charge in [0, 0.05) is 0 Å². The first-order valence-electron chi connectivity index (χ1n) is 10.0. The summed E-state index contributed by atoms with van der Waals surface area (Å²) in [6.45, 7) is 6.46. The topological polar surface area (TPSA) is 30.8 Å². The third-order valence-corrected chi connectivity index (χ3v) is 5.26. The first-order chi connectivity index (χ1) is 14.5. The van der Waals surface area contributed by atoms with Gasteiger partial charge in [-0.25, -0.2) is 13.8 Å². The van der Waals surface area contributed by atoms with Gasteiger partial charge in [-0.2, -0.15) is 0 Å². The standard InChI is InChI=1S/C25H23F2NO2/c1-4-29-19-11-8-17(9-12-19)18-10-13-20(15(2)14-18)24-16(3)30-25(28-24)23-21(26)6-5-7-22(23)27/h5-14,16,24H,4H2,1-3H3/t16-,24?/m1/s1. The highest BCUT2D eigenvalue weighted by molar-refractivity contribution is 5.96. The molecule has 1 aliphatic heterocycles. The summed E-state index contributed by atoms with van der Waals surface area (Å²) in [4.78, 5) is 4.52. The minimum atomic E-state index is -0.677. The van der Waals surface area contributed by atoms with Crippen LogP contribution in [0.15, 0.2) is 65.7 Å². The number of aryl methyl sites for hydroxylation is 1. The number of nitrogens with zero attached hydrogens (tertiary/aromatic N) is 1. The van der Waals surface area contributed by atoms with Crippen LogP contribution in [-0.2, 0) is 4.74 Å². The summed E-state index contributed by atoms with van der Waals surface area (Å²) in [7, 11) is 0. The normalized spacial score (nSPS) is 18.1. The Balaban J connectivity index is 1.63. The third-order valence-electron chi connectivity index (χ3n) is 5.26. The van der Waals surface area contributed by atoms with Gasteiger partial charge in [-0.05, 0) is 67.3 Å². The first kappa shape index (κ1) is 20.1. The van der Waals surface area contributed by atoms with Crippen molar-refractivity contribution in [1.29, 1.82) is 0 Å². The largest absolute Gasteiger partial charge is 0.494 e. The smallest absolute Gasteiger partial charge is 0.223 e. The fraction of sp³-hybridized carbons (Fsp3) is 0.240. The molecule has 0 fully saturated rings. The van der Waals surface area contributed by atoms with Crippen LogP contribution in [0.4, 0.5) is 8.78 Å². The van der Waals surface area contributed by atoms with Crippen molar-refractivity contribution in [2.45, 2.75) is 32.9 Å². The third kappa shape index (κ3) is 3.80. The molecule has 4 rings (SSSR count). The molecular weight excluding hydrogens is 384 g/mol. The molecule has 1 unspecified atom stereocenters. The number of hydrogen-bond acceptors (Lipinski definition) is 3. The molecule has 3 nitrogen and oxygen atoms in total. The monoisotopic (exact) mass is 407 g/mol. The SMILES string of the molecule is CCOc1ccc(-c2ccc(C3N=C(c4c(F)cccc4F)O[C@@H]3C)c(C)c2)cc1. The maximum atomic E-state index is 14.1. The van der Waals surface area contributed by atoms with E-state index < -0.39 is 11.6 Å². The van der Waals surface area contributed by atoms with Gasteiger partial charge in [-0.15, -0.1) is 0 Å². The molecule has 5 heteroatoms. The highest BCUT2D eigenvalue weighted by atomic mass is 19.1. The molecule has 3 aromatic carbocycles. The number of hydrogen-bond donors (Lipinski definition) is 0. The van der Waals surface area contributed by atoms with E-state index in [2.05, 4.69) is 11.1 Å². The Morgan fingerprint density at radius 3 is 2.27 bits per heavy atom. The number of halogens is 2. The van der Waals surface area contributed by atoms with Gasteiger partial charge in [-0.1, -0.05) is 36.4 Å². The molecule has 3 aromatic rings. The second-order valence-corrected chi connectivity index (χ2v) is 7.33. The molecule has 154 valence electrons. The molecule has 0 N–H and O–H groups in total. The van der Waals surface area contributed by atoms with E-state index in [0.29, 0.717) is 6.61 Å². The van der Waals surface area contributed by atoms with Gasteiger partial charge in [0.05, 0.1) is 6.61 Å². The lowest BCUT2D eigenvalue weighted by Gasteiger charge is -2.16. The Morgan fingerprint density at radius 2 is 1.63 bits per heavy atom. The maximum absolute atomic E-state index is 14.1. The zero-order chi connectivity index (χ0) is 21.3. The lowest BCUT2D eigenvalue weighted by Crippen LogP contribution is -2.14. The number of benzene rings is 3. The molecule has 0 saturated carbocycles. The molecule has 0 spiro atoms. The van der Waals surface area contributed by atoms with Gasteiger partial charge in [0.15, 0.2) is 0 Å². The summed E-state index contributed by atoms with van der Waals surface area (Å²) >= 11 is 0. The van der Waals surface area contributed by atoms with Crippen LogP contribution in [0.3, 0.4) is 0 Å². The molecule has 30 heavy (non-hydrogen) atoms. The number of aliphatic imine (C=N–C) groups is 1. The molecule has 0 aliphatic carbocycles. The van der Waals surface area contributed by atoms with Crippen LogP contribution in [0.5, 0.6) is 5.75 Å². The average Bonchev–Trinajstić information content (AvgIpc) is 3.09. The second kappa shape index (κ2) is 8.27. The van der Waals surface area contributed by atoms with E-state index in [1.54, 1.807) is 0 Å². The van der Waals surface area contributed by atoms with Crippen molar-refractivity contribution >= 4 is 5.90 Å². The maximum Gasteiger partial charge on any atom is 0.223 e. The fourth-order valence-corrected chi connectivity index (χ4v) is 3.75. The van der Waals surface area contributed by atoms with E-state index in [-0.39, 0.29) is 23.6 Å². The van der Waals surface area contributed by atoms with Crippen LogP contribution in [0.2, 0.25) is 0 Å². The summed E-state index contributed by atoms with van der Waals surface area (Å²) in [5.41, 5.74) is 3.97. The van der Waals surface area contributed by atoms with Gasteiger partial charge in [-0.3, -0.25) is 0 Å². The van der Waals surface area contributed by atoms with Gasteiger partial charge in [0.25, 0.3) is 0 Å². The van der Waals surface area contributed by atoms with Crippen molar-refractivity contribution < 1.29 is 18.3 Å². The Hall–Kier alpha value is -3.21. The van der Waals surface area contributed by atoms with Crippen LogP contribution in [-0.4, -0.2) is 18.6 Å². The highest BCUT2D eigenvalue weighted by Gasteiger charge is 2.32. The predicted octanol–water partition coefficient (Wildman–Crippen LogP) is 6.25. The minimum Gasteiger partial charge on any atom is -0.494 e. The van der Waals surface area contributed by atoms with Crippen molar-refractivity contribution in [1.82, 2.24) is 0 Å². The Labute approximate surface area is 175 Å². The molecule has 0 amide bonds. The quantitative estimate of drug-likeness (QED) is 0.501. The van der Waals surface area contributed by atoms with Crippen molar-refractivity contribution in [3.63, 3.8) is 0 Å². The van der Waals surface area contributed by atoms with Crippen molar-refractivity contribution in [3.05, 3.63) is 89.0 Å². The van der Waals surface area contributed by atoms with Crippen molar-refractivity contribution in [2.75, 3.05) is 6.61 Å². The minimum absolute atomic E-state index is 0.0121. The summed E-state index contributed by atoms with van der Waals surface area (Å²) in [6, 6.07) is 17.5. The second-order valence-electron chi connectivity index (χ2n) is 7.33. The highest BCUT2D eigenvalue weighted by Crippen LogP contribution is 2.35. The van der Waals surface area contributed by atoms with E-state index in [1.165, 1.54) is 18.2 Å². The molecule has 0 saturated heterocycles. The van der Waals surface area contributed by atoms with Crippen molar-refractivity contribution in [2.24, 2.45) is 4.99 Å². The van der Waals surface area contributed by atoms with E-state index in [9.17, 15) is 8.78 Å². The van der Waals surface area contributed by atoms with Crippen molar-refractivity contribution in [3.8, 4) is 16.9 Å². The van der Waals surface area contributed by atoms with Crippen LogP contribution < -0.4 is 4.74 Å². The van der Waals surface area contributed by atoms with Crippen LogP contribution >= 0.6 is 0 Å².